The average Bonchev–Trinajstić information content (AvgIpc) is 3.49. The molecule has 3 N–H and O–H groups in total. The third-order valence-electron chi connectivity index (χ3n) is 7.72. The number of halogens is 3. The van der Waals surface area contributed by atoms with Crippen molar-refractivity contribution in [1.82, 2.24) is 21.1 Å². The van der Waals surface area contributed by atoms with Crippen molar-refractivity contribution in [3.05, 3.63) is 47.7 Å². The van der Waals surface area contributed by atoms with E-state index in [0.717, 1.165) is 40.4 Å². The van der Waals surface area contributed by atoms with Gasteiger partial charge < -0.3 is 14.6 Å². The molecule has 2 aromatic rings. The normalized spacial score (nSPS) is 28.9. The molecule has 0 spiro atoms. The van der Waals surface area contributed by atoms with E-state index in [4.69, 9.17) is 4.42 Å². The number of carbonyl (C=O) groups excluding carboxylic acids is 1. The van der Waals surface area contributed by atoms with Crippen LogP contribution in [0.1, 0.15) is 50.4 Å². The highest BCUT2D eigenvalue weighted by molar-refractivity contribution is 5.82. The van der Waals surface area contributed by atoms with Crippen LogP contribution in [0, 0.1) is 11.8 Å². The van der Waals surface area contributed by atoms with Crippen LogP contribution in [0.5, 0.6) is 0 Å². The number of nitrogens with one attached hydrogen (secondary N) is 3. The predicted molar refractivity (Wildman–Crippen MR) is 126 cm³/mol. The van der Waals surface area contributed by atoms with Crippen molar-refractivity contribution in [2.45, 2.75) is 69.9 Å². The molecule has 5 atom stereocenters. The molecule has 0 bridgehead atoms. The fourth-order valence-electron chi connectivity index (χ4n) is 6.16. The molecule has 0 radical (unpaired) electrons. The Bertz CT molecular complexity index is 1050. The molecule has 3 aliphatic rings. The maximum atomic E-state index is 13.5. The van der Waals surface area contributed by atoms with E-state index >= 15 is 0 Å². The van der Waals surface area contributed by atoms with Crippen molar-refractivity contribution in [3.8, 4) is 11.3 Å². The van der Waals surface area contributed by atoms with E-state index in [2.05, 4.69) is 30.0 Å². The van der Waals surface area contributed by atoms with Crippen LogP contribution in [0.4, 0.5) is 13.2 Å². The maximum absolute atomic E-state index is 13.5. The highest BCUT2D eigenvalue weighted by Gasteiger charge is 2.54. The van der Waals surface area contributed by atoms with Gasteiger partial charge in [-0.3, -0.25) is 15.6 Å². The second-order valence-corrected chi connectivity index (χ2v) is 10.4. The zero-order chi connectivity index (χ0) is 24.7. The van der Waals surface area contributed by atoms with Crippen molar-refractivity contribution >= 4 is 5.91 Å². The summed E-state index contributed by atoms with van der Waals surface area (Å²) in [5.74, 6) is 0.806. The summed E-state index contributed by atoms with van der Waals surface area (Å²) in [4.78, 5) is 14.2. The number of alkyl halides is 3. The fraction of sp³-hybridized carbons (Fsp3) is 0.577. The van der Waals surface area contributed by atoms with Gasteiger partial charge in [0.05, 0.1) is 12.5 Å². The summed E-state index contributed by atoms with van der Waals surface area (Å²) in [6.45, 7) is 3.97. The zero-order valence-corrected chi connectivity index (χ0v) is 20.1. The molecule has 35 heavy (non-hydrogen) atoms. The molecular formula is C26H33F3N4O2. The van der Waals surface area contributed by atoms with Gasteiger partial charge in [0.1, 0.15) is 18.1 Å². The number of carbonyl (C=O) groups is 1. The molecule has 1 aliphatic carbocycles. The van der Waals surface area contributed by atoms with Crippen LogP contribution in [0.2, 0.25) is 0 Å². The monoisotopic (exact) mass is 490 g/mol. The molecule has 5 rings (SSSR count). The van der Waals surface area contributed by atoms with Gasteiger partial charge in [-0.1, -0.05) is 38.1 Å². The molecule has 190 valence electrons. The van der Waals surface area contributed by atoms with E-state index in [9.17, 15) is 18.0 Å². The Balaban J connectivity index is 1.41. The van der Waals surface area contributed by atoms with Crippen LogP contribution >= 0.6 is 0 Å². The lowest BCUT2D eigenvalue weighted by atomic mass is 9.67. The number of nitrogens with zero attached hydrogens (tertiary/aromatic N) is 1. The van der Waals surface area contributed by atoms with Crippen LogP contribution in [0.15, 0.2) is 40.8 Å². The Morgan fingerprint density at radius 2 is 1.97 bits per heavy atom. The molecule has 1 amide bonds. The average molecular weight is 491 g/mol. The highest BCUT2D eigenvalue weighted by Crippen LogP contribution is 2.47. The number of furan rings is 1. The lowest BCUT2D eigenvalue weighted by Crippen LogP contribution is -2.63. The van der Waals surface area contributed by atoms with Gasteiger partial charge in [-0.05, 0) is 48.8 Å². The van der Waals surface area contributed by atoms with Crippen molar-refractivity contribution in [2.24, 2.45) is 11.8 Å². The number of hydrazine groups is 1. The maximum Gasteiger partial charge on any atom is 0.406 e. The quantitative estimate of drug-likeness (QED) is 0.567. The van der Waals surface area contributed by atoms with E-state index in [0.29, 0.717) is 25.6 Å². The minimum Gasteiger partial charge on any atom is -0.460 e. The molecule has 3 heterocycles. The van der Waals surface area contributed by atoms with E-state index in [-0.39, 0.29) is 17.9 Å². The van der Waals surface area contributed by atoms with Crippen molar-refractivity contribution < 1.29 is 22.4 Å². The summed E-state index contributed by atoms with van der Waals surface area (Å²) in [6, 6.07) is 11.7. The number of rotatable bonds is 6. The second kappa shape index (κ2) is 9.59. The smallest absolute Gasteiger partial charge is 0.406 e. The van der Waals surface area contributed by atoms with Gasteiger partial charge >= 0.3 is 6.18 Å². The molecule has 6 nitrogen and oxygen atoms in total. The third kappa shape index (κ3) is 4.99. The molecule has 1 aromatic carbocycles. The van der Waals surface area contributed by atoms with Crippen LogP contribution in [-0.2, 0) is 11.3 Å². The van der Waals surface area contributed by atoms with Gasteiger partial charge in [0.15, 0.2) is 0 Å². The Kier molecular flexibility index (Phi) is 6.67. The van der Waals surface area contributed by atoms with Crippen molar-refractivity contribution in [1.29, 1.82) is 0 Å². The van der Waals surface area contributed by atoms with Crippen LogP contribution in [0.3, 0.4) is 0 Å². The van der Waals surface area contributed by atoms with E-state index in [1.807, 2.05) is 36.4 Å². The first-order valence-corrected chi connectivity index (χ1v) is 12.5. The molecule has 1 saturated carbocycles. The van der Waals surface area contributed by atoms with Gasteiger partial charge in [0, 0.05) is 30.2 Å². The van der Waals surface area contributed by atoms with Crippen LogP contribution in [-0.4, -0.2) is 48.2 Å². The summed E-state index contributed by atoms with van der Waals surface area (Å²) in [5, 5.41) is 3.35. The highest BCUT2D eigenvalue weighted by atomic mass is 19.4. The first-order chi connectivity index (χ1) is 16.7. The summed E-state index contributed by atoms with van der Waals surface area (Å²) in [6.07, 6.45) is -2.29. The molecule has 2 aliphatic heterocycles. The summed E-state index contributed by atoms with van der Waals surface area (Å²) >= 11 is 0. The fourth-order valence-corrected chi connectivity index (χ4v) is 6.16. The first kappa shape index (κ1) is 24.3. The lowest BCUT2D eigenvalue weighted by Gasteiger charge is -2.50. The Hall–Kier alpha value is -2.36. The second-order valence-electron chi connectivity index (χ2n) is 10.4. The number of piperidine rings is 1. The van der Waals surface area contributed by atoms with Gasteiger partial charge in [-0.2, -0.15) is 13.2 Å². The third-order valence-corrected chi connectivity index (χ3v) is 7.72. The van der Waals surface area contributed by atoms with Crippen LogP contribution in [0.25, 0.3) is 11.3 Å². The minimum absolute atomic E-state index is 0.00390. The van der Waals surface area contributed by atoms with Crippen molar-refractivity contribution in [3.63, 3.8) is 0 Å². The number of likely N-dealkylation sites (tertiary alicyclic amines) is 1. The lowest BCUT2D eigenvalue weighted by molar-refractivity contribution is -0.178. The van der Waals surface area contributed by atoms with Gasteiger partial charge in [-0.25, -0.2) is 0 Å². The minimum atomic E-state index is -4.42. The van der Waals surface area contributed by atoms with E-state index in [1.54, 1.807) is 0 Å². The largest absolute Gasteiger partial charge is 0.460 e. The molecular weight excluding hydrogens is 457 g/mol. The Morgan fingerprint density at radius 3 is 2.74 bits per heavy atom. The van der Waals surface area contributed by atoms with Gasteiger partial charge in [0.25, 0.3) is 0 Å². The SMILES string of the molecule is CC(C)NCc1ccc(-c2ccccc2C2CCC3C4NNCC4C(=O)N(CC(F)(F)F)C3C2)o1. The number of hydrogen-bond acceptors (Lipinski definition) is 5. The number of hydrogen-bond donors (Lipinski definition) is 3. The zero-order valence-electron chi connectivity index (χ0n) is 20.1. The number of benzene rings is 1. The summed E-state index contributed by atoms with van der Waals surface area (Å²) < 4.78 is 46.6. The number of amides is 1. The summed E-state index contributed by atoms with van der Waals surface area (Å²) in [7, 11) is 0. The van der Waals surface area contributed by atoms with E-state index in [1.165, 1.54) is 0 Å². The Morgan fingerprint density at radius 1 is 1.17 bits per heavy atom. The molecule has 9 heteroatoms. The summed E-state index contributed by atoms with van der Waals surface area (Å²) in [5.41, 5.74) is 8.23. The van der Waals surface area contributed by atoms with E-state index < -0.39 is 30.6 Å². The topological polar surface area (TPSA) is 69.5 Å². The predicted octanol–water partition coefficient (Wildman–Crippen LogP) is 4.19. The van der Waals surface area contributed by atoms with Crippen molar-refractivity contribution in [2.75, 3.05) is 13.1 Å². The van der Waals surface area contributed by atoms with Gasteiger partial charge in [0.2, 0.25) is 5.91 Å². The standard InChI is InChI=1S/C26H33F3N4O2/c1-15(2)30-12-17-8-10-23(35-17)19-6-4-3-5-18(19)16-7-9-20-22(11-16)33(14-26(27,28)29)25(34)21-13-31-32-24(20)21/h3-6,8,10,15-16,20-22,24,30-32H,7,9,11-14H2,1-2H3. The number of fused-ring (bicyclic) bond motifs is 3. The first-order valence-electron chi connectivity index (χ1n) is 12.5. The van der Waals surface area contributed by atoms with Gasteiger partial charge in [-0.15, -0.1) is 0 Å². The molecule has 3 fully saturated rings. The Labute approximate surface area is 203 Å². The molecule has 2 saturated heterocycles. The molecule has 1 aromatic heterocycles. The van der Waals surface area contributed by atoms with Crippen LogP contribution < -0.4 is 16.2 Å². The molecule has 5 unspecified atom stereocenters.